The van der Waals surface area contributed by atoms with Gasteiger partial charge in [-0.2, -0.15) is 0 Å². The van der Waals surface area contributed by atoms with Crippen LogP contribution >= 0.6 is 0 Å². The van der Waals surface area contributed by atoms with E-state index in [9.17, 15) is 18.3 Å². The third-order valence-electron chi connectivity index (χ3n) is 3.29. The van der Waals surface area contributed by atoms with Crippen LogP contribution in [0, 0.1) is 0 Å². The molecule has 0 aliphatic carbocycles. The molecule has 1 saturated heterocycles. The van der Waals surface area contributed by atoms with Gasteiger partial charge < -0.3 is 14.9 Å². The first-order chi connectivity index (χ1) is 9.90. The fourth-order valence-corrected chi connectivity index (χ4v) is 3.24. The van der Waals surface area contributed by atoms with E-state index in [1.54, 1.807) is 0 Å². The summed E-state index contributed by atoms with van der Waals surface area (Å²) >= 11 is 0. The number of aromatic carboxylic acids is 1. The first-order valence-corrected chi connectivity index (χ1v) is 8.06. The van der Waals surface area contributed by atoms with Crippen LogP contribution in [-0.4, -0.2) is 43.9 Å². The van der Waals surface area contributed by atoms with Crippen LogP contribution in [0.1, 0.15) is 29.6 Å². The molecule has 0 saturated carbocycles. The van der Waals surface area contributed by atoms with Crippen molar-refractivity contribution in [2.75, 3.05) is 13.2 Å². The fraction of sp³-hybridized carbons (Fsp3) is 0.462. The van der Waals surface area contributed by atoms with E-state index in [0.717, 1.165) is 31.0 Å². The molecule has 1 unspecified atom stereocenters. The second-order valence-corrected chi connectivity index (χ2v) is 6.57. The number of benzene rings is 1. The lowest BCUT2D eigenvalue weighted by molar-refractivity contribution is 0.0693. The Morgan fingerprint density at radius 3 is 2.81 bits per heavy atom. The summed E-state index contributed by atoms with van der Waals surface area (Å²) in [5, 5.41) is 18.3. The van der Waals surface area contributed by atoms with Crippen LogP contribution in [0.25, 0.3) is 0 Å². The van der Waals surface area contributed by atoms with Crippen LogP contribution < -0.4 is 4.72 Å². The van der Waals surface area contributed by atoms with Crippen LogP contribution in [-0.2, 0) is 14.8 Å². The number of hydrogen-bond donors (Lipinski definition) is 3. The molecule has 0 bridgehead atoms. The molecular weight excluding hydrogens is 298 g/mol. The molecule has 1 heterocycles. The van der Waals surface area contributed by atoms with Gasteiger partial charge in [-0.15, -0.1) is 0 Å². The summed E-state index contributed by atoms with van der Waals surface area (Å²) in [4.78, 5) is 10.7. The summed E-state index contributed by atoms with van der Waals surface area (Å²) in [5.41, 5.74) is -0.447. The average molecular weight is 315 g/mol. The van der Waals surface area contributed by atoms with Gasteiger partial charge in [-0.1, -0.05) is 0 Å². The van der Waals surface area contributed by atoms with Crippen molar-refractivity contribution in [1.82, 2.24) is 4.72 Å². The molecule has 0 spiro atoms. The van der Waals surface area contributed by atoms with Crippen LogP contribution in [0.15, 0.2) is 23.1 Å². The number of carboxylic acid groups (broad SMARTS) is 1. The highest BCUT2D eigenvalue weighted by molar-refractivity contribution is 7.89. The van der Waals surface area contributed by atoms with Crippen molar-refractivity contribution in [3.05, 3.63) is 23.8 Å². The Balaban J connectivity index is 2.04. The zero-order valence-electron chi connectivity index (χ0n) is 11.3. The Morgan fingerprint density at radius 2 is 2.19 bits per heavy atom. The van der Waals surface area contributed by atoms with Crippen molar-refractivity contribution in [2.24, 2.45) is 0 Å². The molecule has 1 aliphatic rings. The number of carbonyl (C=O) groups is 1. The van der Waals surface area contributed by atoms with Gasteiger partial charge in [0.1, 0.15) is 11.3 Å². The lowest BCUT2D eigenvalue weighted by Gasteiger charge is -2.11. The van der Waals surface area contributed by atoms with Gasteiger partial charge in [-0.3, -0.25) is 0 Å². The van der Waals surface area contributed by atoms with Crippen LogP contribution in [0.3, 0.4) is 0 Å². The lowest BCUT2D eigenvalue weighted by atomic mass is 10.2. The maximum atomic E-state index is 12.1. The summed E-state index contributed by atoms with van der Waals surface area (Å²) in [6.45, 7) is 0.924. The zero-order valence-corrected chi connectivity index (χ0v) is 12.1. The number of phenols is 1. The molecule has 8 heteroatoms. The second-order valence-electron chi connectivity index (χ2n) is 4.81. The van der Waals surface area contributed by atoms with E-state index >= 15 is 0 Å². The van der Waals surface area contributed by atoms with E-state index in [0.29, 0.717) is 13.0 Å². The number of carboxylic acids is 1. The van der Waals surface area contributed by atoms with E-state index in [-0.39, 0.29) is 17.5 Å². The number of sulfonamides is 1. The molecule has 1 fully saturated rings. The van der Waals surface area contributed by atoms with Crippen molar-refractivity contribution in [3.63, 3.8) is 0 Å². The van der Waals surface area contributed by atoms with E-state index in [1.807, 2.05) is 0 Å². The van der Waals surface area contributed by atoms with Gasteiger partial charge in [0.15, 0.2) is 0 Å². The third-order valence-corrected chi connectivity index (χ3v) is 4.75. The van der Waals surface area contributed by atoms with Crippen LogP contribution in [0.5, 0.6) is 5.75 Å². The molecule has 3 N–H and O–H groups in total. The second kappa shape index (κ2) is 6.42. The van der Waals surface area contributed by atoms with Crippen molar-refractivity contribution < 1.29 is 28.2 Å². The van der Waals surface area contributed by atoms with E-state index in [1.165, 1.54) is 0 Å². The summed E-state index contributed by atoms with van der Waals surface area (Å²) in [6, 6.07) is 3.15. The van der Waals surface area contributed by atoms with E-state index < -0.39 is 27.3 Å². The van der Waals surface area contributed by atoms with Crippen molar-refractivity contribution in [1.29, 1.82) is 0 Å². The molecule has 2 rings (SSSR count). The van der Waals surface area contributed by atoms with Crippen LogP contribution in [0.2, 0.25) is 0 Å². The smallest absolute Gasteiger partial charge is 0.339 e. The first kappa shape index (κ1) is 15.7. The van der Waals surface area contributed by atoms with Gasteiger partial charge in [0.2, 0.25) is 10.0 Å². The van der Waals surface area contributed by atoms with Gasteiger partial charge in [-0.05, 0) is 37.5 Å². The number of aromatic hydroxyl groups is 1. The van der Waals surface area contributed by atoms with Crippen molar-refractivity contribution in [2.45, 2.75) is 30.3 Å². The van der Waals surface area contributed by atoms with E-state index in [4.69, 9.17) is 9.84 Å². The van der Waals surface area contributed by atoms with Gasteiger partial charge in [0.05, 0.1) is 11.0 Å². The monoisotopic (exact) mass is 315 g/mol. The fourth-order valence-electron chi connectivity index (χ4n) is 2.16. The molecule has 1 atom stereocenters. The predicted octanol–water partition coefficient (Wildman–Crippen LogP) is 0.938. The predicted molar refractivity (Wildman–Crippen MR) is 73.8 cm³/mol. The highest BCUT2D eigenvalue weighted by atomic mass is 32.2. The Hall–Kier alpha value is -1.64. The van der Waals surface area contributed by atoms with Gasteiger partial charge in [-0.25, -0.2) is 17.9 Å². The number of nitrogens with one attached hydrogen (secondary N) is 1. The third kappa shape index (κ3) is 3.93. The number of hydrogen-bond acceptors (Lipinski definition) is 5. The Morgan fingerprint density at radius 1 is 1.43 bits per heavy atom. The topological polar surface area (TPSA) is 113 Å². The van der Waals surface area contributed by atoms with Crippen molar-refractivity contribution >= 4 is 16.0 Å². The van der Waals surface area contributed by atoms with Crippen molar-refractivity contribution in [3.8, 4) is 5.75 Å². The van der Waals surface area contributed by atoms with E-state index in [2.05, 4.69) is 4.72 Å². The standard InChI is InChI=1S/C13H17NO6S/c15-12-4-3-10(8-11(12)13(16)17)21(18,19)14-6-5-9-2-1-7-20-9/h3-4,8-9,14-15H,1-2,5-7H2,(H,16,17). The Kier molecular flexibility index (Phi) is 4.81. The minimum atomic E-state index is -3.80. The molecular formula is C13H17NO6S. The highest BCUT2D eigenvalue weighted by Gasteiger charge is 2.20. The quantitative estimate of drug-likeness (QED) is 0.720. The Bertz CT molecular complexity index is 622. The average Bonchev–Trinajstić information content (AvgIpc) is 2.91. The molecule has 0 aromatic heterocycles. The van der Waals surface area contributed by atoms with Gasteiger partial charge in [0.25, 0.3) is 0 Å². The molecule has 0 amide bonds. The first-order valence-electron chi connectivity index (χ1n) is 6.58. The molecule has 116 valence electrons. The Labute approximate surface area is 122 Å². The lowest BCUT2D eigenvalue weighted by Crippen LogP contribution is -2.27. The largest absolute Gasteiger partial charge is 0.507 e. The summed E-state index contributed by atoms with van der Waals surface area (Å²) < 4.78 is 31.9. The van der Waals surface area contributed by atoms with Gasteiger partial charge >= 0.3 is 5.97 Å². The zero-order chi connectivity index (χ0) is 15.5. The number of ether oxygens (including phenoxy) is 1. The van der Waals surface area contributed by atoms with Crippen LogP contribution in [0.4, 0.5) is 0 Å². The SMILES string of the molecule is O=C(O)c1cc(S(=O)(=O)NCCC2CCCO2)ccc1O. The molecule has 21 heavy (non-hydrogen) atoms. The minimum absolute atomic E-state index is 0.0714. The minimum Gasteiger partial charge on any atom is -0.507 e. The molecule has 7 nitrogen and oxygen atoms in total. The number of rotatable bonds is 6. The summed E-state index contributed by atoms with van der Waals surface area (Å²) in [5.74, 6) is -1.86. The molecule has 1 aromatic rings. The summed E-state index contributed by atoms with van der Waals surface area (Å²) in [7, 11) is -3.80. The summed E-state index contributed by atoms with van der Waals surface area (Å²) in [6.07, 6.45) is 2.55. The van der Waals surface area contributed by atoms with Gasteiger partial charge in [0, 0.05) is 13.2 Å². The normalized spacial score (nSPS) is 18.8. The molecule has 1 aromatic carbocycles. The highest BCUT2D eigenvalue weighted by Crippen LogP contribution is 2.21. The molecule has 0 radical (unpaired) electrons. The maximum absolute atomic E-state index is 12.1. The molecule has 1 aliphatic heterocycles. The maximum Gasteiger partial charge on any atom is 0.339 e.